The van der Waals surface area contributed by atoms with Crippen LogP contribution in [0.25, 0.3) is 0 Å². The number of hydrogen-bond donors (Lipinski definition) is 10. The Kier molecular flexibility index (Phi) is 12.6. The molecule has 9 rings (SSSR count). The Morgan fingerprint density at radius 3 is 2.19 bits per heavy atom. The van der Waals surface area contributed by atoms with Crippen molar-refractivity contribution in [1.82, 2.24) is 0 Å². The Morgan fingerprint density at radius 1 is 0.742 bits per heavy atom. The molecule has 18 nitrogen and oxygen atoms in total. The molecule has 0 aromatic heterocycles. The van der Waals surface area contributed by atoms with Gasteiger partial charge in [0.05, 0.1) is 44.2 Å². The van der Waals surface area contributed by atoms with Gasteiger partial charge < -0.3 is 89.0 Å². The second kappa shape index (κ2) is 17.0. The fourth-order valence-electron chi connectivity index (χ4n) is 14.0. The Morgan fingerprint density at radius 2 is 1.47 bits per heavy atom. The van der Waals surface area contributed by atoms with Crippen LogP contribution < -0.4 is 0 Å². The van der Waals surface area contributed by atoms with E-state index in [1.807, 2.05) is 0 Å². The largest absolute Gasteiger partial charge is 0.394 e. The number of hydrogen-bond acceptors (Lipinski definition) is 18. The minimum Gasteiger partial charge on any atom is -0.394 e. The molecule has 4 aliphatic carbocycles. The highest BCUT2D eigenvalue weighted by molar-refractivity contribution is 5.29. The molecule has 10 N–H and O–H groups in total. The van der Waals surface area contributed by atoms with Crippen LogP contribution in [0.3, 0.4) is 0 Å². The van der Waals surface area contributed by atoms with Gasteiger partial charge in [0, 0.05) is 17.8 Å². The highest BCUT2D eigenvalue weighted by atomic mass is 16.8. The molecule has 27 atom stereocenters. The monoisotopic (exact) mass is 886 g/mol. The minimum absolute atomic E-state index is 0.00871. The molecule has 18 heteroatoms. The average Bonchev–Trinajstić information content (AvgIpc) is 3.69. The lowest BCUT2D eigenvalue weighted by Gasteiger charge is -2.61. The summed E-state index contributed by atoms with van der Waals surface area (Å²) in [4.78, 5) is 0. The maximum absolute atomic E-state index is 11.7. The average molecular weight is 887 g/mol. The van der Waals surface area contributed by atoms with Gasteiger partial charge in [0.1, 0.15) is 67.1 Å². The molecule has 5 aliphatic heterocycles. The maximum atomic E-state index is 11.7. The Labute approximate surface area is 362 Å². The van der Waals surface area contributed by atoms with Gasteiger partial charge in [-0.1, -0.05) is 39.3 Å². The number of fused-ring (bicyclic) bond motifs is 7. The minimum atomic E-state index is -1.79. The Balaban J connectivity index is 1.02. The Hall–Kier alpha value is -0.980. The summed E-state index contributed by atoms with van der Waals surface area (Å²) in [6.45, 7) is 9.73. The van der Waals surface area contributed by atoms with Gasteiger partial charge in [0.2, 0.25) is 0 Å². The first-order valence-corrected chi connectivity index (χ1v) is 23.0. The molecule has 9 aliphatic rings. The molecule has 0 bridgehead atoms. The van der Waals surface area contributed by atoms with Gasteiger partial charge in [0.25, 0.3) is 0 Å². The van der Waals surface area contributed by atoms with Crippen LogP contribution in [0.1, 0.15) is 79.6 Å². The van der Waals surface area contributed by atoms with Gasteiger partial charge in [-0.05, 0) is 80.5 Å². The summed E-state index contributed by atoms with van der Waals surface area (Å²) < 4.78 is 50.4. The number of aliphatic hydroxyl groups excluding tert-OH is 10. The molecule has 5 saturated heterocycles. The summed E-state index contributed by atoms with van der Waals surface area (Å²) >= 11 is 0. The van der Waals surface area contributed by atoms with Crippen molar-refractivity contribution in [2.45, 2.75) is 196 Å². The SMILES string of the molecule is C[C@H]1CO[C@@]2(O[C@H]3C[C@H]4[C@@H]5CC=C6C[C@@H](O)C[C@@H](O[C@@H]7O[C@H](CO)[C@@H](O)[C@H](O[C@@H]8OC[C@@H](O)[C@H](O)[C@H]8O)[C@H]7O[C@@H]7O[C@@H](C)[C@H](O)[C@@H](O)[C@H]7O)[C@]6(C)[C@H]5CC[C@]4(C)[C@H]3[C@@H]2C)[C@@H](O)C1. The van der Waals surface area contributed by atoms with Gasteiger partial charge >= 0.3 is 0 Å². The molecule has 354 valence electrons. The standard InChI is InChI=1S/C44H70O18/c1-17-10-28(48)44(56-15-17)18(2)30-26(62-44)13-24-22-7-6-20-11-21(46)12-29(43(20,5)23(22)8-9-42(24,30)4)59-41-38(61-40-36(54)34(52)31(49)19(3)57-40)37(33(51)27(14-45)58-41)60-39-35(53)32(50)25(47)16-55-39/h6,17-19,21-41,45-54H,7-16H2,1-5H3/t17-,18+,19+,21-,22-,23+,24+,25-,26+,27-,28+,29-,30+,31+,32+,33-,34-,35-,36-,37+,38-,39+,40+,41+,42+,43+,44+/m1/s1. The third kappa shape index (κ3) is 7.21. The zero-order valence-electron chi connectivity index (χ0n) is 36.2. The van der Waals surface area contributed by atoms with Gasteiger partial charge in [-0.3, -0.25) is 0 Å². The van der Waals surface area contributed by atoms with Crippen LogP contribution in [-0.4, -0.2) is 187 Å². The molecule has 8 fully saturated rings. The normalized spacial score (nSPS) is 58.9. The smallest absolute Gasteiger partial charge is 0.197 e. The molecular weight excluding hydrogens is 816 g/mol. The molecule has 0 amide bonds. The number of allylic oxidation sites excluding steroid dienone is 1. The van der Waals surface area contributed by atoms with E-state index < -0.39 is 129 Å². The van der Waals surface area contributed by atoms with Gasteiger partial charge in [-0.25, -0.2) is 0 Å². The van der Waals surface area contributed by atoms with E-state index in [9.17, 15) is 51.1 Å². The third-order valence-electron chi connectivity index (χ3n) is 17.4. The molecule has 0 unspecified atom stereocenters. The molecule has 5 heterocycles. The Bertz CT molecular complexity index is 1640. The van der Waals surface area contributed by atoms with E-state index in [0.29, 0.717) is 19.4 Å². The first-order chi connectivity index (χ1) is 29.3. The predicted octanol–water partition coefficient (Wildman–Crippen LogP) is -1.21. The fraction of sp³-hybridized carbons (Fsp3) is 0.955. The van der Waals surface area contributed by atoms with Crippen molar-refractivity contribution >= 4 is 0 Å². The van der Waals surface area contributed by atoms with Gasteiger partial charge in [-0.15, -0.1) is 0 Å². The molecule has 62 heavy (non-hydrogen) atoms. The molecule has 3 saturated carbocycles. The molecule has 0 radical (unpaired) electrons. The van der Waals surface area contributed by atoms with E-state index in [-0.39, 0.29) is 53.4 Å². The van der Waals surface area contributed by atoms with Crippen molar-refractivity contribution in [2.75, 3.05) is 19.8 Å². The fourth-order valence-corrected chi connectivity index (χ4v) is 14.0. The summed E-state index contributed by atoms with van der Waals surface area (Å²) in [6, 6.07) is 0. The topological polar surface area (TPSA) is 276 Å². The van der Waals surface area contributed by atoms with Gasteiger partial charge in [0.15, 0.2) is 24.7 Å². The number of ether oxygens (including phenoxy) is 8. The van der Waals surface area contributed by atoms with Crippen molar-refractivity contribution in [3.63, 3.8) is 0 Å². The predicted molar refractivity (Wildman–Crippen MR) is 211 cm³/mol. The van der Waals surface area contributed by atoms with Crippen LogP contribution in [0, 0.1) is 46.3 Å². The van der Waals surface area contributed by atoms with E-state index in [0.717, 1.165) is 31.3 Å². The van der Waals surface area contributed by atoms with E-state index >= 15 is 0 Å². The van der Waals surface area contributed by atoms with E-state index in [2.05, 4.69) is 33.8 Å². The lowest BCUT2D eigenvalue weighted by atomic mass is 9.46. The maximum Gasteiger partial charge on any atom is 0.197 e. The van der Waals surface area contributed by atoms with Crippen molar-refractivity contribution < 1.29 is 89.0 Å². The van der Waals surface area contributed by atoms with E-state index in [1.165, 1.54) is 6.92 Å². The highest BCUT2D eigenvalue weighted by Gasteiger charge is 2.71. The van der Waals surface area contributed by atoms with Crippen LogP contribution in [0.2, 0.25) is 0 Å². The summed E-state index contributed by atoms with van der Waals surface area (Å²) in [5.74, 6) is 0.0476. The van der Waals surface area contributed by atoms with Crippen LogP contribution in [0.15, 0.2) is 11.6 Å². The van der Waals surface area contributed by atoms with Gasteiger partial charge in [-0.2, -0.15) is 0 Å². The zero-order chi connectivity index (χ0) is 44.4. The number of rotatable bonds is 7. The molecule has 1 spiro atoms. The quantitative estimate of drug-likeness (QED) is 0.134. The van der Waals surface area contributed by atoms with E-state index in [1.54, 1.807) is 0 Å². The van der Waals surface area contributed by atoms with Crippen LogP contribution in [0.5, 0.6) is 0 Å². The first kappa shape index (κ1) is 46.1. The van der Waals surface area contributed by atoms with Crippen LogP contribution in [0.4, 0.5) is 0 Å². The van der Waals surface area contributed by atoms with Crippen LogP contribution in [-0.2, 0) is 37.9 Å². The zero-order valence-corrected chi connectivity index (χ0v) is 36.2. The number of aliphatic hydroxyl groups is 10. The lowest BCUT2D eigenvalue weighted by molar-refractivity contribution is -0.393. The van der Waals surface area contributed by atoms with Crippen molar-refractivity contribution in [1.29, 1.82) is 0 Å². The summed E-state index contributed by atoms with van der Waals surface area (Å²) in [6.07, 6.45) is -16.9. The molecule has 0 aromatic carbocycles. The third-order valence-corrected chi connectivity index (χ3v) is 17.4. The summed E-state index contributed by atoms with van der Waals surface area (Å²) in [5.41, 5.74) is 0.337. The second-order valence-electron chi connectivity index (χ2n) is 20.8. The van der Waals surface area contributed by atoms with Crippen molar-refractivity contribution in [2.24, 2.45) is 46.3 Å². The summed E-state index contributed by atoms with van der Waals surface area (Å²) in [5, 5.41) is 109. The lowest BCUT2D eigenvalue weighted by Crippen LogP contribution is -2.67. The van der Waals surface area contributed by atoms with E-state index in [4.69, 9.17) is 37.9 Å². The van der Waals surface area contributed by atoms with Crippen molar-refractivity contribution in [3.8, 4) is 0 Å². The summed E-state index contributed by atoms with van der Waals surface area (Å²) in [7, 11) is 0. The van der Waals surface area contributed by atoms with Crippen molar-refractivity contribution in [3.05, 3.63) is 11.6 Å². The van der Waals surface area contributed by atoms with Crippen LogP contribution >= 0.6 is 0 Å². The highest BCUT2D eigenvalue weighted by Crippen LogP contribution is 2.71. The second-order valence-corrected chi connectivity index (χ2v) is 20.8. The first-order valence-electron chi connectivity index (χ1n) is 23.0. The molecular formula is C44H70O18. The molecule has 0 aromatic rings.